The van der Waals surface area contributed by atoms with Crippen molar-refractivity contribution in [2.24, 2.45) is 0 Å². The smallest absolute Gasteiger partial charge is 0.252 e. The third kappa shape index (κ3) is 5.04. The van der Waals surface area contributed by atoms with Gasteiger partial charge in [-0.05, 0) is 62.9 Å². The molecule has 28 heavy (non-hydrogen) atoms. The lowest BCUT2D eigenvalue weighted by Gasteiger charge is -2.26. The number of hydrogen-bond acceptors (Lipinski definition) is 4. The van der Waals surface area contributed by atoms with Crippen LogP contribution in [0.5, 0.6) is 0 Å². The van der Waals surface area contributed by atoms with E-state index in [1.165, 1.54) is 32.1 Å². The lowest BCUT2D eigenvalue weighted by molar-refractivity contribution is 0.136. The summed E-state index contributed by atoms with van der Waals surface area (Å²) >= 11 is 3.57. The molecule has 2 aromatic rings. The molecular formula is C22H30BrN3O2. The van der Waals surface area contributed by atoms with Crippen LogP contribution in [-0.2, 0) is 6.54 Å². The first-order chi connectivity index (χ1) is 13.3. The maximum absolute atomic E-state index is 12.2. The molecule has 1 aliphatic carbocycles. The van der Waals surface area contributed by atoms with Gasteiger partial charge in [-0.15, -0.1) is 0 Å². The minimum absolute atomic E-state index is 0.109. The third-order valence-corrected chi connectivity index (χ3v) is 6.10. The maximum atomic E-state index is 12.2. The highest BCUT2D eigenvalue weighted by Gasteiger charge is 2.18. The highest BCUT2D eigenvalue weighted by Crippen LogP contribution is 2.31. The Hall–Kier alpha value is -1.63. The molecule has 5 nitrogen and oxygen atoms in total. The number of aromatic amines is 1. The second-order valence-corrected chi connectivity index (χ2v) is 8.79. The zero-order valence-electron chi connectivity index (χ0n) is 16.9. The molecule has 0 bridgehead atoms. The number of hydrogen-bond donors (Lipinski definition) is 4. The van der Waals surface area contributed by atoms with Crippen LogP contribution >= 0.6 is 15.9 Å². The number of aliphatic hydroxyl groups excluding tert-OH is 1. The number of H-pyrrole nitrogens is 1. The van der Waals surface area contributed by atoms with E-state index in [9.17, 15) is 9.90 Å². The van der Waals surface area contributed by atoms with Crippen LogP contribution in [0, 0.1) is 20.8 Å². The van der Waals surface area contributed by atoms with Crippen molar-refractivity contribution in [2.75, 3.05) is 5.32 Å². The summed E-state index contributed by atoms with van der Waals surface area (Å²) in [5.41, 5.74) is 5.21. The van der Waals surface area contributed by atoms with Crippen LogP contribution in [0.3, 0.4) is 0 Å². The summed E-state index contributed by atoms with van der Waals surface area (Å²) in [6.45, 7) is 6.12. The third-order valence-electron chi connectivity index (χ3n) is 5.64. The van der Waals surface area contributed by atoms with E-state index in [1.807, 2.05) is 32.9 Å². The van der Waals surface area contributed by atoms with Gasteiger partial charge >= 0.3 is 0 Å². The molecule has 3 rings (SSSR count). The van der Waals surface area contributed by atoms with Crippen molar-refractivity contribution in [1.29, 1.82) is 0 Å². The second-order valence-electron chi connectivity index (χ2n) is 7.87. The van der Waals surface area contributed by atoms with Crippen LogP contribution in [0.2, 0.25) is 0 Å². The van der Waals surface area contributed by atoms with Crippen molar-refractivity contribution < 1.29 is 5.11 Å². The zero-order chi connectivity index (χ0) is 20.3. The number of aliphatic hydroxyl groups is 1. The summed E-state index contributed by atoms with van der Waals surface area (Å²) < 4.78 is 0.927. The van der Waals surface area contributed by atoms with Gasteiger partial charge in [0.05, 0.1) is 0 Å². The monoisotopic (exact) mass is 447 g/mol. The summed E-state index contributed by atoms with van der Waals surface area (Å²) in [5, 5.41) is 17.5. The lowest BCUT2D eigenvalue weighted by Crippen LogP contribution is -2.27. The Balaban J connectivity index is 1.76. The largest absolute Gasteiger partial charge is 0.382 e. The Morgan fingerprint density at radius 3 is 2.57 bits per heavy atom. The fourth-order valence-corrected chi connectivity index (χ4v) is 4.49. The first-order valence-corrected chi connectivity index (χ1v) is 10.8. The summed E-state index contributed by atoms with van der Waals surface area (Å²) in [7, 11) is 0. The van der Waals surface area contributed by atoms with Gasteiger partial charge in [0.25, 0.3) is 5.56 Å². The standard InChI is InChI=1S/C22H30BrN3O2/c1-13-9-14(2)25-22(28)19(13)12-24-21(27)18-10-16(23)11-20(15(18)3)26-17-7-5-4-6-8-17/h9-11,17,21,24,26-27H,4-8,12H2,1-3H3,(H,25,28). The van der Waals surface area contributed by atoms with E-state index in [1.54, 1.807) is 0 Å². The van der Waals surface area contributed by atoms with Gasteiger partial charge in [-0.3, -0.25) is 10.1 Å². The van der Waals surface area contributed by atoms with Gasteiger partial charge in [0.15, 0.2) is 0 Å². The van der Waals surface area contributed by atoms with Crippen LogP contribution in [-0.4, -0.2) is 16.1 Å². The molecule has 1 aromatic heterocycles. The SMILES string of the molecule is Cc1cc(C)c(CNC(O)c2cc(Br)cc(NC3CCCCC3)c2C)c(=O)[nH]1. The molecule has 4 N–H and O–H groups in total. The topological polar surface area (TPSA) is 77.2 Å². The van der Waals surface area contributed by atoms with E-state index >= 15 is 0 Å². The highest BCUT2D eigenvalue weighted by molar-refractivity contribution is 9.10. The maximum Gasteiger partial charge on any atom is 0.252 e. The molecule has 1 aliphatic rings. The van der Waals surface area contributed by atoms with Crippen LogP contribution in [0.4, 0.5) is 5.69 Å². The van der Waals surface area contributed by atoms with E-state index in [-0.39, 0.29) is 5.56 Å². The molecule has 1 heterocycles. The molecule has 0 amide bonds. The first-order valence-electron chi connectivity index (χ1n) is 10.0. The van der Waals surface area contributed by atoms with Gasteiger partial charge in [-0.2, -0.15) is 0 Å². The van der Waals surface area contributed by atoms with E-state index in [0.717, 1.165) is 32.5 Å². The predicted octanol–water partition coefficient (Wildman–Crippen LogP) is 4.59. The normalized spacial score (nSPS) is 16.2. The summed E-state index contributed by atoms with van der Waals surface area (Å²) in [4.78, 5) is 15.0. The first kappa shape index (κ1) is 21.1. The van der Waals surface area contributed by atoms with Crippen molar-refractivity contribution in [3.05, 3.63) is 61.0 Å². The quantitative estimate of drug-likeness (QED) is 0.488. The number of pyridine rings is 1. The van der Waals surface area contributed by atoms with Crippen LogP contribution < -0.4 is 16.2 Å². The van der Waals surface area contributed by atoms with Gasteiger partial charge in [0.1, 0.15) is 6.23 Å². The fraction of sp³-hybridized carbons (Fsp3) is 0.500. The molecule has 0 saturated heterocycles. The van der Waals surface area contributed by atoms with Gasteiger partial charge in [-0.1, -0.05) is 35.2 Å². The van der Waals surface area contributed by atoms with Crippen molar-refractivity contribution in [2.45, 2.75) is 71.7 Å². The van der Waals surface area contributed by atoms with E-state index in [0.29, 0.717) is 18.2 Å². The number of rotatable bonds is 6. The average Bonchev–Trinajstić information content (AvgIpc) is 2.64. The number of benzene rings is 1. The van der Waals surface area contributed by atoms with Crippen LogP contribution in [0.1, 0.15) is 66.3 Å². The van der Waals surface area contributed by atoms with E-state index in [2.05, 4.69) is 37.6 Å². The van der Waals surface area contributed by atoms with Gasteiger partial charge in [0, 0.05) is 39.6 Å². The lowest BCUT2D eigenvalue weighted by atomic mass is 9.94. The molecule has 1 atom stereocenters. The molecule has 1 unspecified atom stereocenters. The molecule has 0 spiro atoms. The minimum Gasteiger partial charge on any atom is -0.382 e. The van der Waals surface area contributed by atoms with Crippen molar-refractivity contribution in [3.63, 3.8) is 0 Å². The zero-order valence-corrected chi connectivity index (χ0v) is 18.4. The Kier molecular flexibility index (Phi) is 6.96. The summed E-state index contributed by atoms with van der Waals surface area (Å²) in [6, 6.07) is 6.45. The van der Waals surface area contributed by atoms with Gasteiger partial charge in [0.2, 0.25) is 0 Å². The summed E-state index contributed by atoms with van der Waals surface area (Å²) in [6.07, 6.45) is 5.39. The van der Waals surface area contributed by atoms with Crippen molar-refractivity contribution in [3.8, 4) is 0 Å². The van der Waals surface area contributed by atoms with Crippen molar-refractivity contribution in [1.82, 2.24) is 10.3 Å². The molecule has 0 aliphatic heterocycles. The Labute approximate surface area is 175 Å². The fourth-order valence-electron chi connectivity index (χ4n) is 4.01. The van der Waals surface area contributed by atoms with Gasteiger partial charge in [-0.25, -0.2) is 0 Å². The predicted molar refractivity (Wildman–Crippen MR) is 118 cm³/mol. The molecule has 152 valence electrons. The Morgan fingerprint density at radius 2 is 1.89 bits per heavy atom. The molecule has 6 heteroatoms. The molecule has 1 fully saturated rings. The second kappa shape index (κ2) is 9.25. The molecule has 1 saturated carbocycles. The molecule has 0 radical (unpaired) electrons. The Morgan fingerprint density at radius 1 is 1.18 bits per heavy atom. The average molecular weight is 448 g/mol. The van der Waals surface area contributed by atoms with Gasteiger partial charge < -0.3 is 15.4 Å². The minimum atomic E-state index is -0.857. The van der Waals surface area contributed by atoms with Crippen LogP contribution in [0.15, 0.2) is 27.5 Å². The number of halogens is 1. The highest BCUT2D eigenvalue weighted by atomic mass is 79.9. The summed E-state index contributed by atoms with van der Waals surface area (Å²) in [5.74, 6) is 0. The number of aromatic nitrogens is 1. The van der Waals surface area contributed by atoms with Crippen LogP contribution in [0.25, 0.3) is 0 Å². The van der Waals surface area contributed by atoms with E-state index in [4.69, 9.17) is 0 Å². The van der Waals surface area contributed by atoms with E-state index < -0.39 is 6.23 Å². The number of nitrogens with one attached hydrogen (secondary N) is 3. The Bertz CT molecular complexity index is 888. The van der Waals surface area contributed by atoms with Crippen molar-refractivity contribution >= 4 is 21.6 Å². The number of aryl methyl sites for hydroxylation is 2. The number of anilines is 1. The molecular weight excluding hydrogens is 418 g/mol. The molecule has 1 aromatic carbocycles.